The second-order valence-corrected chi connectivity index (χ2v) is 6.38. The summed E-state index contributed by atoms with van der Waals surface area (Å²) < 4.78 is 10.7. The summed E-state index contributed by atoms with van der Waals surface area (Å²) in [4.78, 5) is 8.91. The molecule has 0 bridgehead atoms. The summed E-state index contributed by atoms with van der Waals surface area (Å²) in [5.41, 5.74) is 9.86. The van der Waals surface area contributed by atoms with E-state index in [0.29, 0.717) is 34.7 Å². The van der Waals surface area contributed by atoms with E-state index < -0.39 is 0 Å². The Hall–Kier alpha value is -4.26. The molecule has 0 saturated carbocycles. The molecule has 0 aliphatic carbocycles. The van der Waals surface area contributed by atoms with Gasteiger partial charge in [-0.05, 0) is 36.4 Å². The van der Waals surface area contributed by atoms with Gasteiger partial charge in [-0.2, -0.15) is 9.97 Å². The minimum absolute atomic E-state index is 0.422. The van der Waals surface area contributed by atoms with Gasteiger partial charge in [0.1, 0.15) is 0 Å². The molecule has 0 radical (unpaired) electrons. The van der Waals surface area contributed by atoms with Crippen molar-refractivity contribution in [1.82, 2.24) is 20.3 Å². The largest absolute Gasteiger partial charge is 0.398 e. The molecule has 2 aromatic heterocycles. The topological polar surface area (TPSA) is 104 Å². The molecule has 29 heavy (non-hydrogen) atoms. The van der Waals surface area contributed by atoms with Crippen molar-refractivity contribution in [1.29, 1.82) is 0 Å². The molecule has 0 aliphatic heterocycles. The predicted octanol–water partition coefficient (Wildman–Crippen LogP) is 4.70. The number of nitrogen functional groups attached to an aromatic ring is 1. The van der Waals surface area contributed by atoms with Crippen molar-refractivity contribution in [3.63, 3.8) is 0 Å². The Balaban J connectivity index is 1.44. The van der Waals surface area contributed by atoms with Crippen LogP contribution in [0.15, 0.2) is 87.9 Å². The van der Waals surface area contributed by atoms with Gasteiger partial charge in [0.15, 0.2) is 0 Å². The van der Waals surface area contributed by atoms with Gasteiger partial charge in [-0.1, -0.05) is 52.8 Å². The fraction of sp³-hybridized carbons (Fsp3) is 0. The Kier molecular flexibility index (Phi) is 4.10. The number of aromatic nitrogens is 4. The molecule has 0 aliphatic rings. The van der Waals surface area contributed by atoms with Crippen molar-refractivity contribution in [2.45, 2.75) is 0 Å². The smallest absolute Gasteiger partial charge is 0.258 e. The van der Waals surface area contributed by atoms with Crippen LogP contribution in [0.4, 0.5) is 5.69 Å². The number of anilines is 1. The zero-order chi connectivity index (χ0) is 19.6. The first-order valence-corrected chi connectivity index (χ1v) is 8.96. The summed E-state index contributed by atoms with van der Waals surface area (Å²) >= 11 is 0. The normalized spacial score (nSPS) is 10.9. The average Bonchev–Trinajstić information content (AvgIpc) is 3.45. The molecule has 0 atom stereocenters. The Morgan fingerprint density at radius 1 is 0.586 bits per heavy atom. The van der Waals surface area contributed by atoms with Crippen LogP contribution in [0.25, 0.3) is 45.7 Å². The van der Waals surface area contributed by atoms with E-state index in [9.17, 15) is 0 Å². The van der Waals surface area contributed by atoms with Gasteiger partial charge in [0, 0.05) is 27.9 Å². The highest BCUT2D eigenvalue weighted by Crippen LogP contribution is 2.30. The highest BCUT2D eigenvalue weighted by atomic mass is 16.5. The third-order valence-corrected chi connectivity index (χ3v) is 4.44. The summed E-state index contributed by atoms with van der Waals surface area (Å²) in [7, 11) is 0. The van der Waals surface area contributed by atoms with Crippen LogP contribution >= 0.6 is 0 Å². The Labute approximate surface area is 165 Å². The SMILES string of the molecule is Nc1cc(-c2noc(-c3ccccc3)n2)ccc1-c1noc(-c2ccccc2)n1. The molecule has 2 heterocycles. The first-order valence-electron chi connectivity index (χ1n) is 8.96. The first kappa shape index (κ1) is 16.9. The van der Waals surface area contributed by atoms with Crippen molar-refractivity contribution in [3.05, 3.63) is 78.9 Å². The molecule has 7 nitrogen and oxygen atoms in total. The van der Waals surface area contributed by atoms with Crippen LogP contribution < -0.4 is 5.73 Å². The van der Waals surface area contributed by atoms with Crippen LogP contribution in [0, 0.1) is 0 Å². The molecular weight excluding hydrogens is 366 g/mol. The van der Waals surface area contributed by atoms with E-state index in [4.69, 9.17) is 14.8 Å². The van der Waals surface area contributed by atoms with Crippen molar-refractivity contribution in [2.24, 2.45) is 0 Å². The lowest BCUT2D eigenvalue weighted by atomic mass is 10.1. The number of rotatable bonds is 4. The van der Waals surface area contributed by atoms with Gasteiger partial charge in [-0.3, -0.25) is 0 Å². The van der Waals surface area contributed by atoms with Crippen molar-refractivity contribution in [3.8, 4) is 45.7 Å². The van der Waals surface area contributed by atoms with Crippen LogP contribution in [-0.2, 0) is 0 Å². The fourth-order valence-electron chi connectivity index (χ4n) is 2.98. The van der Waals surface area contributed by atoms with E-state index in [2.05, 4.69) is 20.3 Å². The van der Waals surface area contributed by atoms with Crippen molar-refractivity contribution in [2.75, 3.05) is 5.73 Å². The quantitative estimate of drug-likeness (QED) is 0.450. The molecule has 0 fully saturated rings. The van der Waals surface area contributed by atoms with Crippen LogP contribution in [0.1, 0.15) is 0 Å². The Morgan fingerprint density at radius 2 is 1.14 bits per heavy atom. The highest BCUT2D eigenvalue weighted by molar-refractivity contribution is 5.77. The first-order chi connectivity index (χ1) is 14.3. The minimum Gasteiger partial charge on any atom is -0.398 e. The zero-order valence-corrected chi connectivity index (χ0v) is 15.2. The molecule has 140 valence electrons. The van der Waals surface area contributed by atoms with Gasteiger partial charge in [0.05, 0.1) is 0 Å². The summed E-state index contributed by atoms with van der Waals surface area (Å²) in [6.07, 6.45) is 0. The van der Waals surface area contributed by atoms with E-state index >= 15 is 0 Å². The maximum atomic E-state index is 6.25. The molecule has 3 aromatic carbocycles. The van der Waals surface area contributed by atoms with Crippen LogP contribution in [0.5, 0.6) is 0 Å². The third kappa shape index (κ3) is 3.25. The molecule has 2 N–H and O–H groups in total. The Morgan fingerprint density at radius 3 is 1.72 bits per heavy atom. The highest BCUT2D eigenvalue weighted by Gasteiger charge is 2.15. The lowest BCUT2D eigenvalue weighted by molar-refractivity contribution is 0.432. The van der Waals surface area contributed by atoms with E-state index in [1.165, 1.54) is 0 Å². The molecular formula is C22H15N5O2. The Bertz CT molecular complexity index is 1260. The van der Waals surface area contributed by atoms with Crippen molar-refractivity contribution >= 4 is 5.69 Å². The monoisotopic (exact) mass is 381 g/mol. The van der Waals surface area contributed by atoms with Crippen LogP contribution in [0.3, 0.4) is 0 Å². The molecule has 5 aromatic rings. The van der Waals surface area contributed by atoms with E-state index in [0.717, 1.165) is 16.7 Å². The second-order valence-electron chi connectivity index (χ2n) is 6.38. The lowest BCUT2D eigenvalue weighted by Crippen LogP contribution is -1.93. The number of nitrogens with zero attached hydrogens (tertiary/aromatic N) is 4. The standard InChI is InChI=1S/C22H15N5O2/c23-18-13-16(19-24-21(28-26-19)14-7-3-1-4-8-14)11-12-17(18)20-25-22(29-27-20)15-9-5-2-6-10-15/h1-13H,23H2. The van der Waals surface area contributed by atoms with E-state index in [-0.39, 0.29) is 0 Å². The number of benzene rings is 3. The molecule has 0 spiro atoms. The van der Waals surface area contributed by atoms with Crippen LogP contribution in [0.2, 0.25) is 0 Å². The molecule has 0 amide bonds. The summed E-state index contributed by atoms with van der Waals surface area (Å²) in [6, 6.07) is 24.6. The van der Waals surface area contributed by atoms with Gasteiger partial charge in [-0.25, -0.2) is 0 Å². The second kappa shape index (κ2) is 7.05. The number of nitrogens with two attached hydrogens (primary N) is 1. The van der Waals surface area contributed by atoms with E-state index in [1.807, 2.05) is 72.8 Å². The number of hydrogen-bond donors (Lipinski definition) is 1. The summed E-state index contributed by atoms with van der Waals surface area (Å²) in [6.45, 7) is 0. The average molecular weight is 381 g/mol. The number of hydrogen-bond acceptors (Lipinski definition) is 7. The van der Waals surface area contributed by atoms with Gasteiger partial charge >= 0.3 is 0 Å². The van der Waals surface area contributed by atoms with Crippen molar-refractivity contribution < 1.29 is 9.05 Å². The van der Waals surface area contributed by atoms with Gasteiger partial charge in [0.25, 0.3) is 11.8 Å². The maximum Gasteiger partial charge on any atom is 0.258 e. The maximum absolute atomic E-state index is 6.25. The van der Waals surface area contributed by atoms with Gasteiger partial charge < -0.3 is 14.8 Å². The molecule has 5 rings (SSSR count). The lowest BCUT2D eigenvalue weighted by Gasteiger charge is -2.02. The molecule has 0 saturated heterocycles. The van der Waals surface area contributed by atoms with Gasteiger partial charge in [0.2, 0.25) is 11.6 Å². The van der Waals surface area contributed by atoms with Gasteiger partial charge in [-0.15, -0.1) is 0 Å². The summed E-state index contributed by atoms with van der Waals surface area (Å²) in [5, 5.41) is 8.11. The molecule has 0 unspecified atom stereocenters. The minimum atomic E-state index is 0.422. The van der Waals surface area contributed by atoms with Crippen LogP contribution in [-0.4, -0.2) is 20.3 Å². The zero-order valence-electron chi connectivity index (χ0n) is 15.2. The predicted molar refractivity (Wildman–Crippen MR) is 108 cm³/mol. The fourth-order valence-corrected chi connectivity index (χ4v) is 2.98. The van der Waals surface area contributed by atoms with E-state index in [1.54, 1.807) is 6.07 Å². The molecule has 7 heteroatoms. The third-order valence-electron chi connectivity index (χ3n) is 4.44. The summed E-state index contributed by atoms with van der Waals surface area (Å²) in [5.74, 6) is 1.77.